The second-order valence-electron chi connectivity index (χ2n) is 6.38. The number of likely N-dealkylation sites (tertiary alicyclic amines) is 1. The van der Waals surface area contributed by atoms with Crippen LogP contribution in [0, 0.1) is 11.8 Å². The van der Waals surface area contributed by atoms with Crippen LogP contribution in [-0.2, 0) is 4.79 Å². The Hall–Kier alpha value is -2.89. The third-order valence-corrected chi connectivity index (χ3v) is 4.59. The molecular weight excluding hydrogens is 318 g/mol. The van der Waals surface area contributed by atoms with Crippen molar-refractivity contribution in [3.63, 3.8) is 0 Å². The largest absolute Gasteiger partial charge is 0.481 e. The van der Waals surface area contributed by atoms with Crippen LogP contribution in [0.15, 0.2) is 48.7 Å². The van der Waals surface area contributed by atoms with Crippen molar-refractivity contribution < 1.29 is 14.7 Å². The van der Waals surface area contributed by atoms with Gasteiger partial charge in [0, 0.05) is 30.5 Å². The number of piperidine rings is 1. The van der Waals surface area contributed by atoms with E-state index in [4.69, 9.17) is 0 Å². The Labute approximate surface area is 146 Å². The van der Waals surface area contributed by atoms with Crippen LogP contribution in [0.25, 0.3) is 11.3 Å². The number of carboxylic acids is 1. The first-order valence-electron chi connectivity index (χ1n) is 8.35. The highest BCUT2D eigenvalue weighted by Crippen LogP contribution is 2.25. The minimum atomic E-state index is -0.783. The number of hydrogen-bond acceptors (Lipinski definition) is 3. The van der Waals surface area contributed by atoms with Crippen molar-refractivity contribution >= 4 is 17.7 Å². The number of nitrogens with one attached hydrogen (secondary N) is 1. The van der Waals surface area contributed by atoms with Gasteiger partial charge in [-0.25, -0.2) is 4.79 Å². The molecule has 2 amide bonds. The van der Waals surface area contributed by atoms with E-state index in [0.29, 0.717) is 25.2 Å². The first-order valence-corrected chi connectivity index (χ1v) is 8.35. The average molecular weight is 339 g/mol. The number of pyridine rings is 1. The highest BCUT2D eigenvalue weighted by molar-refractivity contribution is 5.90. The Morgan fingerprint density at radius 2 is 2.00 bits per heavy atom. The van der Waals surface area contributed by atoms with Crippen LogP contribution < -0.4 is 5.32 Å². The summed E-state index contributed by atoms with van der Waals surface area (Å²) in [5.74, 6) is -1.22. The maximum atomic E-state index is 12.5. The van der Waals surface area contributed by atoms with Gasteiger partial charge in [0.15, 0.2) is 0 Å². The van der Waals surface area contributed by atoms with Crippen molar-refractivity contribution in [2.75, 3.05) is 18.4 Å². The van der Waals surface area contributed by atoms with Gasteiger partial charge < -0.3 is 15.3 Å². The molecule has 0 aliphatic carbocycles. The molecule has 2 aromatic rings. The molecule has 2 atom stereocenters. The standard InChI is InChI=1S/C19H21N3O3/c1-13-12-22(10-8-16(13)18(23)24)19(25)21-15-7-9-20-17(11-15)14-5-3-2-4-6-14/h2-7,9,11,13,16H,8,10,12H2,1H3,(H,23,24)(H,20,21,25). The molecule has 2 N–H and O–H groups in total. The van der Waals surface area contributed by atoms with Crippen molar-refractivity contribution in [3.05, 3.63) is 48.7 Å². The van der Waals surface area contributed by atoms with Gasteiger partial charge in [-0.15, -0.1) is 0 Å². The summed E-state index contributed by atoms with van der Waals surface area (Å²) in [6.07, 6.45) is 2.15. The third kappa shape index (κ3) is 3.96. The number of urea groups is 1. The van der Waals surface area contributed by atoms with Crippen LogP contribution in [0.1, 0.15) is 13.3 Å². The lowest BCUT2D eigenvalue weighted by Gasteiger charge is -2.34. The molecule has 1 aliphatic rings. The molecule has 2 unspecified atom stereocenters. The minimum absolute atomic E-state index is 0.0608. The summed E-state index contributed by atoms with van der Waals surface area (Å²) in [5, 5.41) is 12.1. The molecule has 3 rings (SSSR count). The van der Waals surface area contributed by atoms with Gasteiger partial charge in [0.25, 0.3) is 0 Å². The van der Waals surface area contributed by atoms with Gasteiger partial charge in [-0.3, -0.25) is 9.78 Å². The third-order valence-electron chi connectivity index (χ3n) is 4.59. The van der Waals surface area contributed by atoms with Crippen molar-refractivity contribution in [1.29, 1.82) is 0 Å². The van der Waals surface area contributed by atoms with Crippen molar-refractivity contribution in [2.24, 2.45) is 11.8 Å². The quantitative estimate of drug-likeness (QED) is 0.898. The average Bonchev–Trinajstić information content (AvgIpc) is 2.62. The fourth-order valence-electron chi connectivity index (χ4n) is 3.17. The molecule has 0 spiro atoms. The van der Waals surface area contributed by atoms with Crippen molar-refractivity contribution in [3.8, 4) is 11.3 Å². The molecule has 6 nitrogen and oxygen atoms in total. The summed E-state index contributed by atoms with van der Waals surface area (Å²) in [6.45, 7) is 2.77. The fraction of sp³-hybridized carbons (Fsp3) is 0.316. The molecule has 2 heterocycles. The molecule has 1 saturated heterocycles. The number of amides is 2. The Kier molecular flexibility index (Phi) is 4.97. The number of carboxylic acid groups (broad SMARTS) is 1. The summed E-state index contributed by atoms with van der Waals surface area (Å²) in [4.78, 5) is 29.7. The Bertz CT molecular complexity index is 764. The van der Waals surface area contributed by atoms with Gasteiger partial charge in [0.2, 0.25) is 0 Å². The lowest BCUT2D eigenvalue weighted by molar-refractivity contribution is -0.145. The van der Waals surface area contributed by atoms with E-state index in [9.17, 15) is 14.7 Å². The zero-order valence-corrected chi connectivity index (χ0v) is 14.1. The van der Waals surface area contributed by atoms with Gasteiger partial charge in [0.1, 0.15) is 0 Å². The molecule has 0 radical (unpaired) electrons. The first kappa shape index (κ1) is 17.0. The molecule has 1 aliphatic heterocycles. The van der Waals surface area contributed by atoms with Gasteiger partial charge in [0.05, 0.1) is 11.6 Å². The number of carbonyl (C=O) groups is 2. The van der Waals surface area contributed by atoms with Gasteiger partial charge >= 0.3 is 12.0 Å². The van der Waals surface area contributed by atoms with Gasteiger partial charge in [-0.2, -0.15) is 0 Å². The van der Waals surface area contributed by atoms with Crippen LogP contribution in [-0.4, -0.2) is 40.1 Å². The van der Waals surface area contributed by atoms with E-state index in [1.165, 1.54) is 0 Å². The number of aromatic nitrogens is 1. The molecule has 6 heteroatoms. The molecule has 0 saturated carbocycles. The highest BCUT2D eigenvalue weighted by atomic mass is 16.4. The molecule has 1 aromatic carbocycles. The number of nitrogens with zero attached hydrogens (tertiary/aromatic N) is 2. The normalized spacial score (nSPS) is 20.1. The number of aliphatic carboxylic acids is 1. The topological polar surface area (TPSA) is 82.5 Å². The molecular formula is C19H21N3O3. The SMILES string of the molecule is CC1CN(C(=O)Nc2ccnc(-c3ccccc3)c2)CCC1C(=O)O. The van der Waals surface area contributed by atoms with Crippen LogP contribution in [0.5, 0.6) is 0 Å². The lowest BCUT2D eigenvalue weighted by atomic mass is 9.87. The number of benzene rings is 1. The van der Waals surface area contributed by atoms with E-state index in [1.807, 2.05) is 43.3 Å². The molecule has 25 heavy (non-hydrogen) atoms. The van der Waals surface area contributed by atoms with E-state index in [-0.39, 0.29) is 17.9 Å². The van der Waals surface area contributed by atoms with E-state index in [0.717, 1.165) is 11.3 Å². The predicted molar refractivity (Wildman–Crippen MR) is 95.2 cm³/mol. The number of hydrogen-bond donors (Lipinski definition) is 2. The second-order valence-corrected chi connectivity index (χ2v) is 6.38. The van der Waals surface area contributed by atoms with Crippen molar-refractivity contribution in [1.82, 2.24) is 9.88 Å². The van der Waals surface area contributed by atoms with Gasteiger partial charge in [-0.1, -0.05) is 37.3 Å². The van der Waals surface area contributed by atoms with E-state index in [1.54, 1.807) is 17.2 Å². The van der Waals surface area contributed by atoms with E-state index < -0.39 is 5.97 Å². The summed E-state index contributed by atoms with van der Waals surface area (Å²) < 4.78 is 0. The first-order chi connectivity index (χ1) is 12.0. The summed E-state index contributed by atoms with van der Waals surface area (Å²) in [7, 11) is 0. The zero-order valence-electron chi connectivity index (χ0n) is 14.1. The number of anilines is 1. The zero-order chi connectivity index (χ0) is 17.8. The van der Waals surface area contributed by atoms with Crippen molar-refractivity contribution in [2.45, 2.75) is 13.3 Å². The number of carbonyl (C=O) groups excluding carboxylic acids is 1. The van der Waals surface area contributed by atoms with Crippen LogP contribution >= 0.6 is 0 Å². The predicted octanol–water partition coefficient (Wildman–Crippen LogP) is 3.32. The molecule has 1 aromatic heterocycles. The van der Waals surface area contributed by atoms with Gasteiger partial charge in [-0.05, 0) is 24.5 Å². The molecule has 0 bridgehead atoms. The number of rotatable bonds is 3. The summed E-state index contributed by atoms with van der Waals surface area (Å²) in [6, 6.07) is 13.1. The molecule has 1 fully saturated rings. The summed E-state index contributed by atoms with van der Waals surface area (Å²) >= 11 is 0. The second kappa shape index (κ2) is 7.34. The van der Waals surface area contributed by atoms with Crippen LogP contribution in [0.3, 0.4) is 0 Å². The van der Waals surface area contributed by atoms with Crippen LogP contribution in [0.4, 0.5) is 10.5 Å². The smallest absolute Gasteiger partial charge is 0.321 e. The maximum absolute atomic E-state index is 12.5. The van der Waals surface area contributed by atoms with Crippen LogP contribution in [0.2, 0.25) is 0 Å². The Balaban J connectivity index is 1.67. The lowest BCUT2D eigenvalue weighted by Crippen LogP contribution is -2.46. The Morgan fingerprint density at radius 1 is 1.24 bits per heavy atom. The fourth-order valence-corrected chi connectivity index (χ4v) is 3.17. The molecule has 130 valence electrons. The monoisotopic (exact) mass is 339 g/mol. The summed E-state index contributed by atoms with van der Waals surface area (Å²) in [5.41, 5.74) is 2.44. The maximum Gasteiger partial charge on any atom is 0.321 e. The highest BCUT2D eigenvalue weighted by Gasteiger charge is 2.33. The Morgan fingerprint density at radius 3 is 2.68 bits per heavy atom. The minimum Gasteiger partial charge on any atom is -0.481 e. The van der Waals surface area contributed by atoms with E-state index in [2.05, 4.69) is 10.3 Å². The van der Waals surface area contributed by atoms with E-state index >= 15 is 0 Å².